The van der Waals surface area contributed by atoms with Crippen LogP contribution in [-0.4, -0.2) is 28.4 Å². The van der Waals surface area contributed by atoms with Crippen LogP contribution in [0.15, 0.2) is 109 Å². The predicted molar refractivity (Wildman–Crippen MR) is 201 cm³/mol. The fraction of sp³-hybridized carbons (Fsp3) is 0.200. The maximum Gasteiger partial charge on any atom is 0.417 e. The molecule has 53 heavy (non-hydrogen) atoms. The Balaban J connectivity index is 1.41. The van der Waals surface area contributed by atoms with Crippen molar-refractivity contribution in [2.45, 2.75) is 31.0 Å². The van der Waals surface area contributed by atoms with E-state index in [1.807, 2.05) is 72.8 Å². The molecule has 268 valence electrons. The fourth-order valence-electron chi connectivity index (χ4n) is 8.11. The van der Waals surface area contributed by atoms with Crippen molar-refractivity contribution in [3.63, 3.8) is 0 Å². The molecular weight excluding hydrogens is 677 g/mol. The third kappa shape index (κ3) is 5.22. The molecule has 0 fully saturated rings. The van der Waals surface area contributed by atoms with Crippen molar-refractivity contribution in [2.75, 3.05) is 28.4 Å². The molecule has 0 amide bonds. The average Bonchev–Trinajstić information content (AvgIpc) is 3.42. The van der Waals surface area contributed by atoms with Crippen LogP contribution in [0.3, 0.4) is 0 Å². The molecule has 0 unspecified atom stereocenters. The molecule has 0 aromatic heterocycles. The summed E-state index contributed by atoms with van der Waals surface area (Å²) in [6, 6.07) is 30.9. The van der Waals surface area contributed by atoms with E-state index in [9.17, 15) is 13.2 Å². The van der Waals surface area contributed by atoms with Crippen molar-refractivity contribution in [3.05, 3.63) is 143 Å². The molecule has 0 bridgehead atoms. The first kappa shape index (κ1) is 34.2. The zero-order valence-electron chi connectivity index (χ0n) is 30.1. The van der Waals surface area contributed by atoms with Crippen LogP contribution < -0.4 is 23.7 Å². The quantitative estimate of drug-likeness (QED) is 0.165. The number of alkyl halides is 3. The highest BCUT2D eigenvalue weighted by Crippen LogP contribution is 2.59. The molecule has 1 heterocycles. The maximum absolute atomic E-state index is 14.2. The number of hydrogen-bond acceptors (Lipinski definition) is 5. The molecule has 1 aliphatic heterocycles. The summed E-state index contributed by atoms with van der Waals surface area (Å²) in [5, 5.41) is 1.68. The van der Waals surface area contributed by atoms with Crippen molar-refractivity contribution in [2.24, 2.45) is 0 Å². The van der Waals surface area contributed by atoms with Gasteiger partial charge in [0.2, 0.25) is 0 Å². The van der Waals surface area contributed by atoms with Crippen LogP contribution in [-0.2, 0) is 17.2 Å². The first-order valence-electron chi connectivity index (χ1n) is 17.2. The summed E-state index contributed by atoms with van der Waals surface area (Å²) in [5.41, 5.74) is 4.79. The van der Waals surface area contributed by atoms with Gasteiger partial charge in [0.1, 0.15) is 17.2 Å². The topological polar surface area (TPSA) is 46.2 Å². The lowest BCUT2D eigenvalue weighted by Gasteiger charge is -2.38. The number of benzene rings is 6. The molecule has 8 rings (SSSR count). The minimum absolute atomic E-state index is 0.139. The van der Waals surface area contributed by atoms with Gasteiger partial charge < -0.3 is 23.7 Å². The molecule has 0 radical (unpaired) electrons. The molecule has 0 saturated carbocycles. The van der Waals surface area contributed by atoms with E-state index in [2.05, 4.69) is 26.0 Å². The van der Waals surface area contributed by atoms with Crippen molar-refractivity contribution in [3.8, 4) is 51.0 Å². The molecule has 1 aliphatic carbocycles. The van der Waals surface area contributed by atoms with E-state index in [1.165, 1.54) is 12.1 Å². The maximum atomic E-state index is 14.2. The molecule has 0 spiro atoms. The van der Waals surface area contributed by atoms with Gasteiger partial charge in [-0.3, -0.25) is 0 Å². The van der Waals surface area contributed by atoms with E-state index in [-0.39, 0.29) is 5.56 Å². The van der Waals surface area contributed by atoms with Gasteiger partial charge in [0.15, 0.2) is 17.1 Å². The number of methoxy groups -OCH3 is 4. The van der Waals surface area contributed by atoms with Gasteiger partial charge in [-0.15, -0.1) is 0 Å². The van der Waals surface area contributed by atoms with Gasteiger partial charge in [0.25, 0.3) is 0 Å². The highest BCUT2D eigenvalue weighted by molar-refractivity contribution is 6.10. The second-order valence-corrected chi connectivity index (χ2v) is 13.8. The van der Waals surface area contributed by atoms with E-state index in [4.69, 9.17) is 23.7 Å². The molecule has 0 saturated heterocycles. The molecule has 0 atom stereocenters. The van der Waals surface area contributed by atoms with Crippen molar-refractivity contribution >= 4 is 16.8 Å². The summed E-state index contributed by atoms with van der Waals surface area (Å²) >= 11 is 0. The van der Waals surface area contributed by atoms with Gasteiger partial charge >= 0.3 is 6.18 Å². The standard InChI is InChI=1S/C45H37F3O5/c1-43(2)37-23-26(31-9-7-8-10-36(31)45(46,47)48)11-20-32(37)40-34-24-38(51-5)39(52-6)25-35(34)42-33(41(40)43)21-22-44(53-42,27-12-16-29(49-3)17-13-27)28-14-18-30(50-4)19-15-28/h7-25H,1-6H3. The highest BCUT2D eigenvalue weighted by Gasteiger charge is 2.45. The second-order valence-electron chi connectivity index (χ2n) is 13.8. The van der Waals surface area contributed by atoms with E-state index >= 15 is 0 Å². The number of halogens is 3. The summed E-state index contributed by atoms with van der Waals surface area (Å²) in [5.74, 6) is 3.17. The van der Waals surface area contributed by atoms with Crippen molar-refractivity contribution < 1.29 is 36.9 Å². The Morgan fingerprint density at radius 2 is 1.21 bits per heavy atom. The lowest BCUT2D eigenvalue weighted by atomic mass is 9.76. The lowest BCUT2D eigenvalue weighted by Crippen LogP contribution is -2.35. The molecule has 5 nitrogen and oxygen atoms in total. The van der Waals surface area contributed by atoms with Gasteiger partial charge in [-0.2, -0.15) is 13.2 Å². The fourth-order valence-corrected chi connectivity index (χ4v) is 8.11. The van der Waals surface area contributed by atoms with E-state index in [0.717, 1.165) is 67.3 Å². The summed E-state index contributed by atoms with van der Waals surface area (Å²) in [7, 11) is 6.46. The minimum Gasteiger partial charge on any atom is -0.497 e. The zero-order chi connectivity index (χ0) is 37.3. The monoisotopic (exact) mass is 714 g/mol. The Morgan fingerprint density at radius 3 is 1.77 bits per heavy atom. The Labute approximate surface area is 306 Å². The van der Waals surface area contributed by atoms with Crippen molar-refractivity contribution in [1.82, 2.24) is 0 Å². The normalized spacial score (nSPS) is 14.9. The molecule has 0 N–H and O–H groups in total. The molecule has 2 aliphatic rings. The van der Waals surface area contributed by atoms with Gasteiger partial charge in [-0.25, -0.2) is 0 Å². The van der Waals surface area contributed by atoms with Crippen LogP contribution >= 0.6 is 0 Å². The lowest BCUT2D eigenvalue weighted by molar-refractivity contribution is -0.137. The Morgan fingerprint density at radius 1 is 0.623 bits per heavy atom. The number of rotatable bonds is 7. The van der Waals surface area contributed by atoms with E-state index in [1.54, 1.807) is 40.6 Å². The first-order valence-corrected chi connectivity index (χ1v) is 17.2. The Hall–Kier alpha value is -5.89. The first-order chi connectivity index (χ1) is 25.4. The van der Waals surface area contributed by atoms with Gasteiger partial charge in [-0.1, -0.05) is 74.5 Å². The second kappa shape index (κ2) is 12.4. The summed E-state index contributed by atoms with van der Waals surface area (Å²) in [6.45, 7) is 4.24. The largest absolute Gasteiger partial charge is 0.497 e. The molecule has 6 aromatic rings. The SMILES string of the molecule is COc1ccc(C2(c3ccc(OC)cc3)C=Cc3c4c(c5cc(OC)c(OC)cc5c3O2)-c2ccc(-c3ccccc3C(F)(F)F)cc2C4(C)C)cc1. The number of ether oxygens (including phenoxy) is 5. The van der Waals surface area contributed by atoms with E-state index in [0.29, 0.717) is 22.8 Å². The third-order valence-corrected chi connectivity index (χ3v) is 10.7. The van der Waals surface area contributed by atoms with Crippen molar-refractivity contribution in [1.29, 1.82) is 0 Å². The van der Waals surface area contributed by atoms with E-state index < -0.39 is 22.8 Å². The highest BCUT2D eigenvalue weighted by atomic mass is 19.4. The Bertz CT molecular complexity index is 2380. The van der Waals surface area contributed by atoms with Gasteiger partial charge in [0.05, 0.1) is 34.0 Å². The average molecular weight is 715 g/mol. The number of hydrogen-bond donors (Lipinski definition) is 0. The third-order valence-electron chi connectivity index (χ3n) is 10.7. The predicted octanol–water partition coefficient (Wildman–Crippen LogP) is 11.2. The smallest absolute Gasteiger partial charge is 0.417 e. The van der Waals surface area contributed by atoms with Gasteiger partial charge in [-0.05, 0) is 93.4 Å². The molecular formula is C45H37F3O5. The molecule has 6 aromatic carbocycles. The van der Waals surface area contributed by atoms with Gasteiger partial charge in [0, 0.05) is 27.5 Å². The van der Waals surface area contributed by atoms with Crippen LogP contribution in [0.25, 0.3) is 39.1 Å². The minimum atomic E-state index is -4.50. The van der Waals surface area contributed by atoms with Crippen LogP contribution in [0, 0.1) is 0 Å². The van der Waals surface area contributed by atoms with Crippen LogP contribution in [0.2, 0.25) is 0 Å². The summed E-state index contributed by atoms with van der Waals surface area (Å²) in [6.07, 6.45) is -0.299. The van der Waals surface area contributed by atoms with Crippen LogP contribution in [0.1, 0.15) is 47.2 Å². The number of fused-ring (bicyclic) bond motifs is 8. The summed E-state index contributed by atoms with van der Waals surface area (Å²) < 4.78 is 72.6. The summed E-state index contributed by atoms with van der Waals surface area (Å²) in [4.78, 5) is 0. The van der Waals surface area contributed by atoms with Crippen LogP contribution in [0.5, 0.6) is 28.7 Å². The van der Waals surface area contributed by atoms with Crippen LogP contribution in [0.4, 0.5) is 13.2 Å². The molecule has 8 heteroatoms. The Kier molecular flexibility index (Phi) is 7.98. The zero-order valence-corrected chi connectivity index (χ0v) is 30.1.